The third-order valence-electron chi connectivity index (χ3n) is 6.48. The number of morpholine rings is 1. The molecule has 4 aromatic rings. The van der Waals surface area contributed by atoms with E-state index in [1.54, 1.807) is 20.5 Å². The zero-order valence-electron chi connectivity index (χ0n) is 20.2. The van der Waals surface area contributed by atoms with E-state index in [0.717, 1.165) is 85.1 Å². The normalized spacial score (nSPS) is 14.3. The van der Waals surface area contributed by atoms with Crippen LogP contribution in [0.25, 0.3) is 33.6 Å². The molecule has 0 unspecified atom stereocenters. The van der Waals surface area contributed by atoms with Crippen LogP contribution >= 0.6 is 0 Å². The monoisotopic (exact) mass is 475 g/mol. The lowest BCUT2D eigenvalue weighted by molar-refractivity contribution is -0.684. The van der Waals surface area contributed by atoms with E-state index in [9.17, 15) is 0 Å². The van der Waals surface area contributed by atoms with Crippen molar-refractivity contribution in [1.29, 1.82) is 0 Å². The molecule has 1 fully saturated rings. The number of ether oxygens (including phenoxy) is 3. The van der Waals surface area contributed by atoms with Gasteiger partial charge in [0, 0.05) is 30.8 Å². The Labute approximate surface area is 204 Å². The Morgan fingerprint density at radius 3 is 2.20 bits per heavy atom. The highest BCUT2D eigenvalue weighted by molar-refractivity contribution is 6.04. The van der Waals surface area contributed by atoms with Crippen molar-refractivity contribution in [2.75, 3.05) is 52.8 Å². The van der Waals surface area contributed by atoms with Crippen molar-refractivity contribution in [2.24, 2.45) is 0 Å². The molecule has 0 aliphatic carbocycles. The number of hydrogen-bond acceptors (Lipinski definition) is 7. The molecule has 1 aliphatic heterocycles. The number of nitrogen functional groups attached to an aromatic ring is 1. The van der Waals surface area contributed by atoms with E-state index in [1.165, 1.54) is 0 Å². The molecule has 35 heavy (non-hydrogen) atoms. The first-order valence-electron chi connectivity index (χ1n) is 11.9. The summed E-state index contributed by atoms with van der Waals surface area (Å²) in [4.78, 5) is 7.07. The maximum Gasteiger partial charge on any atom is 0.310 e. The first-order valence-corrected chi connectivity index (χ1v) is 11.9. The van der Waals surface area contributed by atoms with Gasteiger partial charge in [-0.3, -0.25) is 4.90 Å². The summed E-state index contributed by atoms with van der Waals surface area (Å²) in [7, 11) is 3.31. The van der Waals surface area contributed by atoms with Crippen LogP contribution in [0.3, 0.4) is 0 Å². The van der Waals surface area contributed by atoms with Crippen molar-refractivity contribution in [2.45, 2.75) is 13.0 Å². The summed E-state index contributed by atoms with van der Waals surface area (Å²) in [6, 6.07) is 15.7. The number of fused-ring (bicyclic) bond motifs is 1. The van der Waals surface area contributed by atoms with Crippen molar-refractivity contribution < 1.29 is 23.2 Å². The number of anilines is 1. The Kier molecular flexibility index (Phi) is 6.83. The summed E-state index contributed by atoms with van der Waals surface area (Å²) >= 11 is 0. The summed E-state index contributed by atoms with van der Waals surface area (Å²) in [5.74, 6) is 2.94. The summed E-state index contributed by atoms with van der Waals surface area (Å²) in [5.41, 5.74) is 10.1. The lowest BCUT2D eigenvalue weighted by Gasteiger charge is -2.26. The highest BCUT2D eigenvalue weighted by Crippen LogP contribution is 2.42. The van der Waals surface area contributed by atoms with E-state index in [2.05, 4.69) is 9.88 Å². The second-order valence-corrected chi connectivity index (χ2v) is 8.57. The Morgan fingerprint density at radius 2 is 1.57 bits per heavy atom. The first-order chi connectivity index (χ1) is 17.2. The molecule has 0 saturated carbocycles. The van der Waals surface area contributed by atoms with Gasteiger partial charge < -0.3 is 24.4 Å². The SMILES string of the molecule is COc1ccc(-c2oc3nc[n+](CCCN4CCOCC4)c(N)c3c2-c2ccc(OC)cc2)cc1. The van der Waals surface area contributed by atoms with E-state index < -0.39 is 0 Å². The molecule has 0 amide bonds. The van der Waals surface area contributed by atoms with Crippen molar-refractivity contribution in [1.82, 2.24) is 9.88 Å². The van der Waals surface area contributed by atoms with Crippen LogP contribution in [-0.4, -0.2) is 57.0 Å². The lowest BCUT2D eigenvalue weighted by atomic mass is 9.99. The van der Waals surface area contributed by atoms with E-state index in [-0.39, 0.29) is 0 Å². The topological polar surface area (TPSA) is 86.9 Å². The van der Waals surface area contributed by atoms with Crippen LogP contribution in [0.4, 0.5) is 5.82 Å². The van der Waals surface area contributed by atoms with Gasteiger partial charge in [-0.05, 0) is 48.4 Å². The molecule has 1 saturated heterocycles. The van der Waals surface area contributed by atoms with Gasteiger partial charge in [-0.15, -0.1) is 0 Å². The van der Waals surface area contributed by atoms with Gasteiger partial charge >= 0.3 is 5.71 Å². The number of furan rings is 1. The molecule has 2 aromatic carbocycles. The molecule has 0 spiro atoms. The number of nitrogens with zero attached hydrogens (tertiary/aromatic N) is 3. The van der Waals surface area contributed by atoms with Crippen LogP contribution in [-0.2, 0) is 11.3 Å². The van der Waals surface area contributed by atoms with E-state index in [4.69, 9.17) is 24.4 Å². The quantitative estimate of drug-likeness (QED) is 0.388. The van der Waals surface area contributed by atoms with Crippen LogP contribution in [0.2, 0.25) is 0 Å². The second-order valence-electron chi connectivity index (χ2n) is 8.57. The number of benzene rings is 2. The number of nitrogens with two attached hydrogens (primary N) is 1. The van der Waals surface area contributed by atoms with Gasteiger partial charge in [0.05, 0.1) is 34.0 Å². The Balaban J connectivity index is 1.54. The van der Waals surface area contributed by atoms with E-state index in [0.29, 0.717) is 11.5 Å². The molecular formula is C27H31N4O4+. The first kappa shape index (κ1) is 23.1. The second kappa shape index (κ2) is 10.3. The molecule has 8 nitrogen and oxygen atoms in total. The molecule has 182 valence electrons. The average Bonchev–Trinajstić information content (AvgIpc) is 3.31. The van der Waals surface area contributed by atoms with E-state index >= 15 is 0 Å². The number of rotatable bonds is 8. The maximum atomic E-state index is 6.75. The van der Waals surface area contributed by atoms with Crippen LogP contribution in [0.15, 0.2) is 59.3 Å². The zero-order chi connectivity index (χ0) is 24.2. The molecule has 0 atom stereocenters. The van der Waals surface area contributed by atoms with Gasteiger partial charge in [-0.2, -0.15) is 0 Å². The van der Waals surface area contributed by atoms with Gasteiger partial charge in [0.15, 0.2) is 0 Å². The standard InChI is InChI=1S/C27H30N4O4/c1-32-21-8-4-19(5-9-21)23-24-26(28)31(13-3-12-30-14-16-34-17-15-30)18-29-27(24)35-25(23)20-6-10-22(33-2)11-7-20/h4-11,18,28H,3,12-17H2,1-2H3/p+1. The molecule has 1 aliphatic rings. The average molecular weight is 476 g/mol. The minimum absolute atomic E-state index is 0.517. The van der Waals surface area contributed by atoms with Crippen molar-refractivity contribution in [3.05, 3.63) is 54.9 Å². The van der Waals surface area contributed by atoms with Crippen molar-refractivity contribution in [3.8, 4) is 33.9 Å². The lowest BCUT2D eigenvalue weighted by Crippen LogP contribution is -2.41. The molecule has 5 rings (SSSR count). The molecule has 2 aromatic heterocycles. The molecule has 0 radical (unpaired) electrons. The minimum Gasteiger partial charge on any atom is -0.497 e. The van der Waals surface area contributed by atoms with Crippen LogP contribution in [0.5, 0.6) is 11.5 Å². The molecule has 0 bridgehead atoms. The predicted octanol–water partition coefficient (Wildman–Crippen LogP) is 3.77. The molecule has 8 heteroatoms. The number of aryl methyl sites for hydroxylation is 1. The highest BCUT2D eigenvalue weighted by atomic mass is 16.5. The summed E-state index contributed by atoms with van der Waals surface area (Å²) in [5, 5.41) is 0.815. The predicted molar refractivity (Wildman–Crippen MR) is 134 cm³/mol. The minimum atomic E-state index is 0.517. The van der Waals surface area contributed by atoms with E-state index in [1.807, 2.05) is 53.1 Å². The van der Waals surface area contributed by atoms with Crippen LogP contribution < -0.4 is 19.8 Å². The molecule has 2 N–H and O–H groups in total. The fourth-order valence-electron chi connectivity index (χ4n) is 4.52. The van der Waals surface area contributed by atoms with Gasteiger partial charge in [0.2, 0.25) is 12.1 Å². The molecular weight excluding hydrogens is 444 g/mol. The Bertz CT molecular complexity index is 1280. The van der Waals surface area contributed by atoms with Gasteiger partial charge in [0.1, 0.15) is 22.6 Å². The smallest absolute Gasteiger partial charge is 0.310 e. The van der Waals surface area contributed by atoms with Gasteiger partial charge in [-0.25, -0.2) is 4.57 Å². The fraction of sp³-hybridized carbons (Fsp3) is 0.333. The Morgan fingerprint density at radius 1 is 0.943 bits per heavy atom. The Hall–Kier alpha value is -3.62. The summed E-state index contributed by atoms with van der Waals surface area (Å²) in [6.07, 6.45) is 2.75. The third-order valence-corrected chi connectivity index (χ3v) is 6.48. The van der Waals surface area contributed by atoms with Gasteiger partial charge in [0.25, 0.3) is 0 Å². The highest BCUT2D eigenvalue weighted by Gasteiger charge is 2.26. The number of methoxy groups -OCH3 is 2. The summed E-state index contributed by atoms with van der Waals surface area (Å²) in [6.45, 7) is 5.34. The maximum absolute atomic E-state index is 6.75. The van der Waals surface area contributed by atoms with Crippen molar-refractivity contribution >= 4 is 16.9 Å². The van der Waals surface area contributed by atoms with Crippen molar-refractivity contribution in [3.63, 3.8) is 0 Å². The zero-order valence-corrected chi connectivity index (χ0v) is 20.2. The largest absolute Gasteiger partial charge is 0.497 e. The number of hydrogen-bond donors (Lipinski definition) is 1. The summed E-state index contributed by atoms with van der Waals surface area (Å²) < 4.78 is 24.5. The molecule has 3 heterocycles. The van der Waals surface area contributed by atoms with Crippen LogP contribution in [0.1, 0.15) is 6.42 Å². The fourth-order valence-corrected chi connectivity index (χ4v) is 4.52. The number of aromatic nitrogens is 2. The van der Waals surface area contributed by atoms with Crippen LogP contribution in [0, 0.1) is 0 Å². The third kappa shape index (κ3) is 4.80. The van der Waals surface area contributed by atoms with Gasteiger partial charge in [-0.1, -0.05) is 17.1 Å².